The van der Waals surface area contributed by atoms with Crippen molar-refractivity contribution in [3.05, 3.63) is 65.2 Å². The van der Waals surface area contributed by atoms with E-state index in [4.69, 9.17) is 0 Å². The Bertz CT molecular complexity index is 648. The van der Waals surface area contributed by atoms with Crippen LogP contribution in [0.2, 0.25) is 0 Å². The van der Waals surface area contributed by atoms with E-state index in [2.05, 4.69) is 65.7 Å². The van der Waals surface area contributed by atoms with Gasteiger partial charge in [0.25, 0.3) is 5.91 Å². The monoisotopic (exact) mass is 326 g/mol. The summed E-state index contributed by atoms with van der Waals surface area (Å²) in [6, 6.07) is 16.7. The summed E-state index contributed by atoms with van der Waals surface area (Å²) in [7, 11) is 6.08. The van der Waals surface area contributed by atoms with Crippen molar-refractivity contribution in [1.29, 1.82) is 0 Å². The fraction of sp³-hybridized carbons (Fsp3) is 0.350. The van der Waals surface area contributed by atoms with Crippen LogP contribution < -0.4 is 15.1 Å². The van der Waals surface area contributed by atoms with Crippen molar-refractivity contribution < 1.29 is 9.69 Å². The van der Waals surface area contributed by atoms with Crippen molar-refractivity contribution in [2.45, 2.75) is 20.0 Å². The van der Waals surface area contributed by atoms with E-state index in [1.54, 1.807) is 0 Å². The average molecular weight is 326 g/mol. The Morgan fingerprint density at radius 3 is 2.17 bits per heavy atom. The maximum absolute atomic E-state index is 12.1. The van der Waals surface area contributed by atoms with E-state index in [1.165, 1.54) is 16.0 Å². The molecule has 4 nitrogen and oxygen atoms in total. The van der Waals surface area contributed by atoms with Crippen molar-refractivity contribution in [2.75, 3.05) is 32.6 Å². The van der Waals surface area contributed by atoms with E-state index in [9.17, 15) is 4.79 Å². The number of carbonyl (C=O) groups is 1. The second-order valence-corrected chi connectivity index (χ2v) is 6.63. The van der Waals surface area contributed by atoms with Gasteiger partial charge in [0.15, 0.2) is 6.54 Å². The molecule has 1 amide bonds. The van der Waals surface area contributed by atoms with E-state index in [0.29, 0.717) is 13.1 Å². The minimum Gasteiger partial charge on any atom is -0.378 e. The number of anilines is 1. The molecule has 2 aromatic carbocycles. The van der Waals surface area contributed by atoms with Gasteiger partial charge in [-0.15, -0.1) is 0 Å². The van der Waals surface area contributed by atoms with Crippen molar-refractivity contribution in [3.63, 3.8) is 0 Å². The van der Waals surface area contributed by atoms with Gasteiger partial charge in [-0.05, 0) is 24.6 Å². The van der Waals surface area contributed by atoms with Gasteiger partial charge in [-0.2, -0.15) is 0 Å². The second-order valence-electron chi connectivity index (χ2n) is 6.63. The Labute approximate surface area is 145 Å². The molecule has 2 N–H and O–H groups in total. The molecule has 0 saturated carbocycles. The number of hydrogen-bond acceptors (Lipinski definition) is 2. The summed E-state index contributed by atoms with van der Waals surface area (Å²) in [5.74, 6) is 0.0799. The maximum Gasteiger partial charge on any atom is 0.275 e. The lowest BCUT2D eigenvalue weighted by molar-refractivity contribution is -0.885. The van der Waals surface area contributed by atoms with Gasteiger partial charge in [0.2, 0.25) is 0 Å². The number of carbonyl (C=O) groups excluding carboxylic acids is 1. The summed E-state index contributed by atoms with van der Waals surface area (Å²) in [6.45, 7) is 3.98. The normalized spacial score (nSPS) is 11.8. The Morgan fingerprint density at radius 1 is 1.00 bits per heavy atom. The number of likely N-dealkylation sites (N-methyl/N-ethyl adjacent to an activating group) is 1. The number of nitrogens with zero attached hydrogens (tertiary/aromatic N) is 1. The van der Waals surface area contributed by atoms with E-state index < -0.39 is 0 Å². The molecule has 0 aliphatic rings. The zero-order valence-electron chi connectivity index (χ0n) is 15.1. The fourth-order valence-corrected chi connectivity index (χ4v) is 2.57. The molecule has 1 unspecified atom stereocenters. The molecule has 24 heavy (non-hydrogen) atoms. The highest BCUT2D eigenvalue weighted by atomic mass is 16.2. The van der Waals surface area contributed by atoms with Gasteiger partial charge in [0, 0.05) is 31.9 Å². The number of benzene rings is 2. The Morgan fingerprint density at radius 2 is 1.58 bits per heavy atom. The second kappa shape index (κ2) is 8.50. The minimum absolute atomic E-state index is 0.0799. The first-order valence-corrected chi connectivity index (χ1v) is 8.34. The molecule has 0 saturated heterocycles. The molecule has 2 aromatic rings. The fourth-order valence-electron chi connectivity index (χ4n) is 2.57. The quantitative estimate of drug-likeness (QED) is 0.807. The summed E-state index contributed by atoms with van der Waals surface area (Å²) in [5, 5.41) is 3.00. The molecule has 2 rings (SSSR count). The molecule has 0 spiro atoms. The van der Waals surface area contributed by atoms with Crippen LogP contribution in [-0.4, -0.2) is 33.6 Å². The van der Waals surface area contributed by atoms with Gasteiger partial charge >= 0.3 is 0 Å². The Kier molecular flexibility index (Phi) is 6.38. The van der Waals surface area contributed by atoms with Crippen LogP contribution in [0.15, 0.2) is 48.5 Å². The number of nitrogens with one attached hydrogen (secondary N) is 2. The van der Waals surface area contributed by atoms with Crippen LogP contribution in [-0.2, 0) is 17.9 Å². The molecule has 1 atom stereocenters. The van der Waals surface area contributed by atoms with Crippen LogP contribution in [0.5, 0.6) is 0 Å². The average Bonchev–Trinajstić information content (AvgIpc) is 2.55. The number of hydrogen-bond donors (Lipinski definition) is 2. The van der Waals surface area contributed by atoms with E-state index in [-0.39, 0.29) is 5.91 Å². The van der Waals surface area contributed by atoms with Crippen molar-refractivity contribution in [2.24, 2.45) is 0 Å². The SMILES string of the molecule is Cc1ccc(C[NH+](C)CC(=O)NCc2ccc(N(C)C)cc2)cc1. The van der Waals surface area contributed by atoms with Crippen LogP contribution >= 0.6 is 0 Å². The van der Waals surface area contributed by atoms with Crippen LogP contribution in [0.4, 0.5) is 5.69 Å². The first-order valence-electron chi connectivity index (χ1n) is 8.34. The molecule has 0 aliphatic heterocycles. The molecule has 0 aromatic heterocycles. The predicted octanol–water partition coefficient (Wildman–Crippen LogP) is 1.39. The highest BCUT2D eigenvalue weighted by Crippen LogP contribution is 2.11. The molecule has 128 valence electrons. The highest BCUT2D eigenvalue weighted by molar-refractivity contribution is 5.76. The van der Waals surface area contributed by atoms with Crippen molar-refractivity contribution >= 4 is 11.6 Å². The summed E-state index contributed by atoms with van der Waals surface area (Å²) >= 11 is 0. The molecular formula is C20H28N3O+. The summed E-state index contributed by atoms with van der Waals surface area (Å²) < 4.78 is 0. The Balaban J connectivity index is 1.76. The third-order valence-corrected chi connectivity index (χ3v) is 4.03. The molecule has 0 aliphatic carbocycles. The zero-order valence-corrected chi connectivity index (χ0v) is 15.1. The molecule has 0 radical (unpaired) electrons. The van der Waals surface area contributed by atoms with Crippen LogP contribution in [0, 0.1) is 6.92 Å². The minimum atomic E-state index is 0.0799. The molecule has 0 heterocycles. The van der Waals surface area contributed by atoms with Crippen molar-refractivity contribution in [1.82, 2.24) is 5.32 Å². The summed E-state index contributed by atoms with van der Waals surface area (Å²) in [4.78, 5) is 15.3. The maximum atomic E-state index is 12.1. The van der Waals surface area contributed by atoms with E-state index in [0.717, 1.165) is 17.8 Å². The third-order valence-electron chi connectivity index (χ3n) is 4.03. The van der Waals surface area contributed by atoms with E-state index in [1.807, 2.05) is 21.1 Å². The smallest absolute Gasteiger partial charge is 0.275 e. The summed E-state index contributed by atoms with van der Waals surface area (Å²) in [6.07, 6.45) is 0. The number of quaternary nitrogens is 1. The van der Waals surface area contributed by atoms with Gasteiger partial charge in [0.05, 0.1) is 7.05 Å². The van der Waals surface area contributed by atoms with Gasteiger partial charge in [-0.3, -0.25) is 4.79 Å². The molecule has 4 heteroatoms. The van der Waals surface area contributed by atoms with Crippen LogP contribution in [0.25, 0.3) is 0 Å². The zero-order chi connectivity index (χ0) is 17.5. The lowest BCUT2D eigenvalue weighted by Crippen LogP contribution is -3.08. The predicted molar refractivity (Wildman–Crippen MR) is 99.3 cm³/mol. The van der Waals surface area contributed by atoms with Gasteiger partial charge in [0.1, 0.15) is 6.54 Å². The highest BCUT2D eigenvalue weighted by Gasteiger charge is 2.10. The topological polar surface area (TPSA) is 36.8 Å². The van der Waals surface area contributed by atoms with Gasteiger partial charge in [-0.1, -0.05) is 42.0 Å². The largest absolute Gasteiger partial charge is 0.378 e. The number of rotatable bonds is 7. The molecule has 0 fully saturated rings. The standard InChI is InChI=1S/C20H27N3O/c1-16-5-7-18(8-6-16)14-23(4)15-20(24)21-13-17-9-11-19(12-10-17)22(2)3/h5-12H,13-15H2,1-4H3,(H,21,24)/p+1. The first kappa shape index (κ1) is 18.0. The first-order chi connectivity index (χ1) is 11.4. The van der Waals surface area contributed by atoms with Crippen molar-refractivity contribution in [3.8, 4) is 0 Å². The molecule has 0 bridgehead atoms. The third kappa shape index (κ3) is 5.70. The number of amides is 1. The lowest BCUT2D eigenvalue weighted by atomic mass is 10.1. The lowest BCUT2D eigenvalue weighted by Gasteiger charge is -2.15. The van der Waals surface area contributed by atoms with Gasteiger partial charge in [-0.25, -0.2) is 0 Å². The molecular weight excluding hydrogens is 298 g/mol. The number of aryl methyl sites for hydroxylation is 1. The van der Waals surface area contributed by atoms with Crippen LogP contribution in [0.3, 0.4) is 0 Å². The van der Waals surface area contributed by atoms with Gasteiger partial charge < -0.3 is 15.1 Å². The summed E-state index contributed by atoms with van der Waals surface area (Å²) in [5.41, 5.74) is 4.79. The van der Waals surface area contributed by atoms with Crippen LogP contribution in [0.1, 0.15) is 16.7 Å². The Hall–Kier alpha value is -2.33. The van der Waals surface area contributed by atoms with E-state index >= 15 is 0 Å².